The van der Waals surface area contributed by atoms with Crippen LogP contribution in [0.25, 0.3) is 11.0 Å². The number of hydrogen-bond donors (Lipinski definition) is 2. The van der Waals surface area contributed by atoms with Crippen LogP contribution in [0.2, 0.25) is 0 Å². The number of carbonyl (C=O) groups excluding carboxylic acids is 1. The SMILES string of the molecule is COc1ccc2c(C)c(C(=O)NC3CCC(C(=O)O)CC3)oc2c1OC. The first-order chi connectivity index (χ1) is 12.5. The number of carboxylic acids is 1. The van der Waals surface area contributed by atoms with Crippen molar-refractivity contribution < 1.29 is 28.6 Å². The van der Waals surface area contributed by atoms with Gasteiger partial charge in [-0.2, -0.15) is 0 Å². The van der Waals surface area contributed by atoms with Crippen molar-refractivity contribution in [3.8, 4) is 11.5 Å². The molecule has 140 valence electrons. The average molecular weight is 361 g/mol. The van der Waals surface area contributed by atoms with Crippen LogP contribution in [0.4, 0.5) is 0 Å². The van der Waals surface area contributed by atoms with Gasteiger partial charge >= 0.3 is 5.97 Å². The van der Waals surface area contributed by atoms with E-state index in [0.717, 1.165) is 10.9 Å². The van der Waals surface area contributed by atoms with Gasteiger partial charge in [0.1, 0.15) is 0 Å². The van der Waals surface area contributed by atoms with Gasteiger partial charge in [-0.15, -0.1) is 0 Å². The quantitative estimate of drug-likeness (QED) is 0.849. The van der Waals surface area contributed by atoms with Crippen LogP contribution in [0.1, 0.15) is 41.8 Å². The smallest absolute Gasteiger partial charge is 0.306 e. The molecular weight excluding hydrogens is 338 g/mol. The monoisotopic (exact) mass is 361 g/mol. The molecule has 1 aliphatic carbocycles. The zero-order chi connectivity index (χ0) is 18.8. The van der Waals surface area contributed by atoms with Gasteiger partial charge in [-0.3, -0.25) is 9.59 Å². The van der Waals surface area contributed by atoms with Gasteiger partial charge in [0.2, 0.25) is 5.75 Å². The van der Waals surface area contributed by atoms with E-state index in [0.29, 0.717) is 42.8 Å². The van der Waals surface area contributed by atoms with E-state index < -0.39 is 5.97 Å². The van der Waals surface area contributed by atoms with Crippen molar-refractivity contribution in [2.45, 2.75) is 38.6 Å². The Hall–Kier alpha value is -2.70. The van der Waals surface area contributed by atoms with E-state index in [-0.39, 0.29) is 23.6 Å². The first kappa shape index (κ1) is 18.1. The van der Waals surface area contributed by atoms with Crippen molar-refractivity contribution in [1.82, 2.24) is 5.32 Å². The zero-order valence-corrected chi connectivity index (χ0v) is 15.1. The maximum atomic E-state index is 12.7. The Morgan fingerprint density at radius 3 is 2.42 bits per heavy atom. The molecule has 3 rings (SSSR count). The molecule has 7 heteroatoms. The number of aryl methyl sites for hydroxylation is 1. The molecule has 0 aliphatic heterocycles. The number of carbonyl (C=O) groups is 2. The molecule has 0 spiro atoms. The third-order valence-corrected chi connectivity index (χ3v) is 5.07. The summed E-state index contributed by atoms with van der Waals surface area (Å²) in [5.74, 6) is -0.135. The second kappa shape index (κ2) is 7.27. The van der Waals surface area contributed by atoms with Crippen molar-refractivity contribution in [3.05, 3.63) is 23.5 Å². The van der Waals surface area contributed by atoms with Crippen molar-refractivity contribution in [2.75, 3.05) is 14.2 Å². The lowest BCUT2D eigenvalue weighted by Gasteiger charge is -2.26. The van der Waals surface area contributed by atoms with Gasteiger partial charge in [-0.25, -0.2) is 0 Å². The molecule has 0 unspecified atom stereocenters. The van der Waals surface area contributed by atoms with E-state index in [1.807, 2.05) is 13.0 Å². The summed E-state index contributed by atoms with van der Waals surface area (Å²) in [6, 6.07) is 3.57. The molecular formula is C19H23NO6. The van der Waals surface area contributed by atoms with E-state index >= 15 is 0 Å². The highest BCUT2D eigenvalue weighted by Gasteiger charge is 2.29. The summed E-state index contributed by atoms with van der Waals surface area (Å²) < 4.78 is 16.5. The fourth-order valence-electron chi connectivity index (χ4n) is 3.55. The Morgan fingerprint density at radius 1 is 1.15 bits per heavy atom. The second-order valence-corrected chi connectivity index (χ2v) is 6.59. The highest BCUT2D eigenvalue weighted by atomic mass is 16.5. The topological polar surface area (TPSA) is 98.0 Å². The highest BCUT2D eigenvalue weighted by molar-refractivity contribution is 6.01. The summed E-state index contributed by atoms with van der Waals surface area (Å²) in [5, 5.41) is 12.8. The number of hydrogen-bond acceptors (Lipinski definition) is 5. The lowest BCUT2D eigenvalue weighted by Crippen LogP contribution is -2.38. The first-order valence-corrected chi connectivity index (χ1v) is 8.64. The van der Waals surface area contributed by atoms with Crippen LogP contribution in [0, 0.1) is 12.8 Å². The second-order valence-electron chi connectivity index (χ2n) is 6.59. The normalized spacial score (nSPS) is 20.0. The van der Waals surface area contributed by atoms with Crippen LogP contribution in [0.3, 0.4) is 0 Å². The Labute approximate surface area is 151 Å². The number of fused-ring (bicyclic) bond motifs is 1. The zero-order valence-electron chi connectivity index (χ0n) is 15.1. The summed E-state index contributed by atoms with van der Waals surface area (Å²) in [5.41, 5.74) is 1.21. The molecule has 2 N–H and O–H groups in total. The summed E-state index contributed by atoms with van der Waals surface area (Å²) in [4.78, 5) is 23.7. The van der Waals surface area contributed by atoms with Gasteiger partial charge in [0.05, 0.1) is 20.1 Å². The van der Waals surface area contributed by atoms with E-state index in [9.17, 15) is 9.59 Å². The number of methoxy groups -OCH3 is 2. The van der Waals surface area contributed by atoms with E-state index in [4.69, 9.17) is 19.0 Å². The number of nitrogens with one attached hydrogen (secondary N) is 1. The number of benzene rings is 1. The minimum atomic E-state index is -0.760. The van der Waals surface area contributed by atoms with Gasteiger partial charge in [0.25, 0.3) is 5.91 Å². The minimum absolute atomic E-state index is 0.0397. The van der Waals surface area contributed by atoms with Crippen molar-refractivity contribution in [3.63, 3.8) is 0 Å². The fraction of sp³-hybridized carbons (Fsp3) is 0.474. The Balaban J connectivity index is 1.81. The number of amides is 1. The summed E-state index contributed by atoms with van der Waals surface area (Å²) in [6.45, 7) is 1.83. The fourth-order valence-corrected chi connectivity index (χ4v) is 3.55. The number of rotatable bonds is 5. The minimum Gasteiger partial charge on any atom is -0.493 e. The molecule has 1 aliphatic rings. The molecule has 26 heavy (non-hydrogen) atoms. The van der Waals surface area contributed by atoms with Gasteiger partial charge in [-0.05, 0) is 44.7 Å². The molecule has 0 bridgehead atoms. The van der Waals surface area contributed by atoms with Gasteiger partial charge < -0.3 is 24.3 Å². The first-order valence-electron chi connectivity index (χ1n) is 8.64. The van der Waals surface area contributed by atoms with Crippen LogP contribution < -0.4 is 14.8 Å². The lowest BCUT2D eigenvalue weighted by molar-refractivity contribution is -0.142. The number of ether oxygens (including phenoxy) is 2. The van der Waals surface area contributed by atoms with Gasteiger partial charge in [0.15, 0.2) is 17.1 Å². The predicted octanol–water partition coefficient (Wildman–Crippen LogP) is 3.13. The molecule has 1 aromatic heterocycles. The van der Waals surface area contributed by atoms with E-state index in [1.54, 1.807) is 13.2 Å². The standard InChI is InChI=1S/C19H23NO6/c1-10-13-8-9-14(24-2)17(25-3)16(13)26-15(10)18(21)20-12-6-4-11(5-7-12)19(22)23/h8-9,11-12H,4-7H2,1-3H3,(H,20,21)(H,22,23). The Morgan fingerprint density at radius 2 is 1.85 bits per heavy atom. The molecule has 0 atom stereocenters. The Kier molecular flexibility index (Phi) is 5.06. The molecule has 0 saturated heterocycles. The molecule has 1 saturated carbocycles. The van der Waals surface area contributed by atoms with Gasteiger partial charge in [0, 0.05) is 17.0 Å². The van der Waals surface area contributed by atoms with E-state index in [2.05, 4.69) is 5.32 Å². The highest BCUT2D eigenvalue weighted by Crippen LogP contribution is 2.39. The van der Waals surface area contributed by atoms with Crippen molar-refractivity contribution in [2.24, 2.45) is 5.92 Å². The number of furan rings is 1. The van der Waals surface area contributed by atoms with Crippen molar-refractivity contribution in [1.29, 1.82) is 0 Å². The molecule has 7 nitrogen and oxygen atoms in total. The largest absolute Gasteiger partial charge is 0.493 e. The molecule has 1 aromatic carbocycles. The summed E-state index contributed by atoms with van der Waals surface area (Å²) >= 11 is 0. The average Bonchev–Trinajstić information content (AvgIpc) is 2.98. The Bertz CT molecular complexity index is 832. The van der Waals surface area contributed by atoms with Crippen LogP contribution in [-0.2, 0) is 4.79 Å². The van der Waals surface area contributed by atoms with Gasteiger partial charge in [-0.1, -0.05) is 0 Å². The van der Waals surface area contributed by atoms with Crippen LogP contribution in [0.15, 0.2) is 16.5 Å². The maximum Gasteiger partial charge on any atom is 0.306 e. The molecule has 0 radical (unpaired) electrons. The number of aliphatic carboxylic acids is 1. The molecule has 2 aromatic rings. The van der Waals surface area contributed by atoms with Crippen molar-refractivity contribution >= 4 is 22.8 Å². The molecule has 1 fully saturated rings. The molecule has 1 amide bonds. The summed E-state index contributed by atoms with van der Waals surface area (Å²) in [6.07, 6.45) is 2.45. The van der Waals surface area contributed by atoms with E-state index in [1.165, 1.54) is 7.11 Å². The van der Waals surface area contributed by atoms with Crippen LogP contribution in [0.5, 0.6) is 11.5 Å². The lowest BCUT2D eigenvalue weighted by atomic mass is 9.86. The molecule has 1 heterocycles. The number of carboxylic acid groups (broad SMARTS) is 1. The maximum absolute atomic E-state index is 12.7. The predicted molar refractivity (Wildman–Crippen MR) is 94.9 cm³/mol. The third-order valence-electron chi connectivity index (χ3n) is 5.07. The third kappa shape index (κ3) is 3.21. The van der Waals surface area contributed by atoms with Crippen LogP contribution in [-0.4, -0.2) is 37.2 Å². The van der Waals surface area contributed by atoms with Crippen LogP contribution >= 0.6 is 0 Å². The summed E-state index contributed by atoms with van der Waals surface area (Å²) in [7, 11) is 3.07.